The Balaban J connectivity index is 1.30. The molecule has 0 aromatic heterocycles. The average molecular weight is 420 g/mol. The fraction of sp³-hybridized carbons (Fsp3) is 0.304. The normalized spacial score (nSPS) is 16.4. The van der Waals surface area contributed by atoms with E-state index in [0.717, 1.165) is 18.0 Å². The lowest BCUT2D eigenvalue weighted by molar-refractivity contribution is -0.116. The summed E-state index contributed by atoms with van der Waals surface area (Å²) in [5.74, 6) is -1.08. The molecule has 0 unspecified atom stereocenters. The summed E-state index contributed by atoms with van der Waals surface area (Å²) in [5.41, 5.74) is 1.87. The minimum absolute atomic E-state index is 0.00650. The number of imide groups is 1. The standard InChI is InChI=1S/C23H24N4O4/c1-25-12-14-26(15-13-25)21(29)16-6-8-17(9-7-16)24-20(28)10-11-27-22(30)18-4-2-3-5-19(18)23(27)31/h2-9H,10-15H2,1H3,(H,24,28). The second kappa shape index (κ2) is 8.69. The van der Waals surface area contributed by atoms with Crippen molar-refractivity contribution in [1.29, 1.82) is 0 Å². The number of piperazine rings is 1. The van der Waals surface area contributed by atoms with Gasteiger partial charge in [-0.25, -0.2) is 0 Å². The molecule has 1 N–H and O–H groups in total. The van der Waals surface area contributed by atoms with E-state index in [1.165, 1.54) is 0 Å². The van der Waals surface area contributed by atoms with Gasteiger partial charge >= 0.3 is 0 Å². The fourth-order valence-electron chi connectivity index (χ4n) is 3.77. The van der Waals surface area contributed by atoms with E-state index in [4.69, 9.17) is 0 Å². The molecule has 1 fully saturated rings. The number of carbonyl (C=O) groups is 4. The number of anilines is 1. The first-order valence-corrected chi connectivity index (χ1v) is 10.3. The molecule has 2 aromatic carbocycles. The molecule has 0 radical (unpaired) electrons. The van der Waals surface area contributed by atoms with Crippen LogP contribution < -0.4 is 5.32 Å². The first-order chi connectivity index (χ1) is 14.9. The predicted octanol–water partition coefficient (Wildman–Crippen LogP) is 1.70. The van der Waals surface area contributed by atoms with Crippen molar-refractivity contribution in [2.24, 2.45) is 0 Å². The number of rotatable bonds is 5. The molecule has 31 heavy (non-hydrogen) atoms. The number of nitrogens with zero attached hydrogens (tertiary/aromatic N) is 3. The molecule has 8 heteroatoms. The van der Waals surface area contributed by atoms with Crippen molar-refractivity contribution in [3.63, 3.8) is 0 Å². The Morgan fingerprint density at radius 1 is 0.871 bits per heavy atom. The van der Waals surface area contributed by atoms with Crippen LogP contribution in [0.25, 0.3) is 0 Å². The van der Waals surface area contributed by atoms with E-state index < -0.39 is 0 Å². The zero-order valence-corrected chi connectivity index (χ0v) is 17.3. The summed E-state index contributed by atoms with van der Waals surface area (Å²) >= 11 is 0. The lowest BCUT2D eigenvalue weighted by Crippen LogP contribution is -2.47. The van der Waals surface area contributed by atoms with Crippen LogP contribution in [0.15, 0.2) is 48.5 Å². The maximum absolute atomic E-state index is 12.6. The highest BCUT2D eigenvalue weighted by Gasteiger charge is 2.34. The summed E-state index contributed by atoms with van der Waals surface area (Å²) < 4.78 is 0. The summed E-state index contributed by atoms with van der Waals surface area (Å²) in [6.07, 6.45) is -0.00650. The van der Waals surface area contributed by atoms with Gasteiger partial charge in [0.2, 0.25) is 5.91 Å². The van der Waals surface area contributed by atoms with Gasteiger partial charge in [0.15, 0.2) is 0 Å². The van der Waals surface area contributed by atoms with E-state index in [2.05, 4.69) is 10.2 Å². The van der Waals surface area contributed by atoms with Crippen molar-refractivity contribution in [2.75, 3.05) is 45.1 Å². The average Bonchev–Trinajstić information content (AvgIpc) is 3.03. The largest absolute Gasteiger partial charge is 0.336 e. The van der Waals surface area contributed by atoms with E-state index in [0.29, 0.717) is 35.5 Å². The van der Waals surface area contributed by atoms with E-state index in [1.54, 1.807) is 48.5 Å². The lowest BCUT2D eigenvalue weighted by atomic mass is 10.1. The van der Waals surface area contributed by atoms with Crippen LogP contribution in [0.3, 0.4) is 0 Å². The zero-order valence-electron chi connectivity index (χ0n) is 17.3. The molecule has 2 aromatic rings. The molecule has 2 heterocycles. The van der Waals surface area contributed by atoms with Crippen molar-refractivity contribution in [3.05, 3.63) is 65.2 Å². The summed E-state index contributed by atoms with van der Waals surface area (Å²) in [6.45, 7) is 3.12. The minimum atomic E-state index is -0.375. The highest BCUT2D eigenvalue weighted by molar-refractivity contribution is 6.21. The second-order valence-corrected chi connectivity index (χ2v) is 7.78. The summed E-state index contributed by atoms with van der Waals surface area (Å²) in [6, 6.07) is 13.4. The molecule has 8 nitrogen and oxygen atoms in total. The minimum Gasteiger partial charge on any atom is -0.336 e. The maximum Gasteiger partial charge on any atom is 0.261 e. The van der Waals surface area contributed by atoms with Gasteiger partial charge in [0.25, 0.3) is 17.7 Å². The van der Waals surface area contributed by atoms with Gasteiger partial charge in [-0.15, -0.1) is 0 Å². The van der Waals surface area contributed by atoms with Crippen molar-refractivity contribution < 1.29 is 19.2 Å². The highest BCUT2D eigenvalue weighted by Crippen LogP contribution is 2.22. The quantitative estimate of drug-likeness (QED) is 0.744. The van der Waals surface area contributed by atoms with Gasteiger partial charge in [-0.2, -0.15) is 0 Å². The second-order valence-electron chi connectivity index (χ2n) is 7.78. The van der Waals surface area contributed by atoms with Crippen LogP contribution in [0.5, 0.6) is 0 Å². The fourth-order valence-corrected chi connectivity index (χ4v) is 3.77. The molecule has 2 aliphatic rings. The van der Waals surface area contributed by atoms with Gasteiger partial charge < -0.3 is 15.1 Å². The molecule has 0 atom stereocenters. The van der Waals surface area contributed by atoms with Gasteiger partial charge in [0.1, 0.15) is 0 Å². The molecule has 0 saturated carbocycles. The zero-order chi connectivity index (χ0) is 22.0. The number of fused-ring (bicyclic) bond motifs is 1. The first kappa shape index (κ1) is 20.7. The number of carbonyl (C=O) groups excluding carboxylic acids is 4. The first-order valence-electron chi connectivity index (χ1n) is 10.3. The molecule has 4 rings (SSSR count). The number of nitrogens with one attached hydrogen (secondary N) is 1. The number of hydrogen-bond acceptors (Lipinski definition) is 5. The maximum atomic E-state index is 12.6. The van der Waals surface area contributed by atoms with E-state index in [9.17, 15) is 19.2 Å². The highest BCUT2D eigenvalue weighted by atomic mass is 16.2. The lowest BCUT2D eigenvalue weighted by Gasteiger charge is -2.32. The van der Waals surface area contributed by atoms with Crippen LogP contribution in [0, 0.1) is 0 Å². The van der Waals surface area contributed by atoms with Crippen LogP contribution in [0.2, 0.25) is 0 Å². The molecular weight excluding hydrogens is 396 g/mol. The van der Waals surface area contributed by atoms with E-state index in [-0.39, 0.29) is 36.6 Å². The molecule has 1 saturated heterocycles. The van der Waals surface area contributed by atoms with Crippen molar-refractivity contribution in [1.82, 2.24) is 14.7 Å². The number of benzene rings is 2. The Labute approximate surface area is 180 Å². The predicted molar refractivity (Wildman–Crippen MR) is 115 cm³/mol. The topological polar surface area (TPSA) is 90.0 Å². The number of likely N-dealkylation sites (N-methyl/N-ethyl adjacent to an activating group) is 1. The van der Waals surface area contributed by atoms with Crippen LogP contribution in [-0.4, -0.2) is 78.1 Å². The molecule has 0 aliphatic carbocycles. The summed E-state index contributed by atoms with van der Waals surface area (Å²) in [7, 11) is 2.04. The van der Waals surface area contributed by atoms with Gasteiger partial charge in [-0.1, -0.05) is 12.1 Å². The Morgan fingerprint density at radius 3 is 2.03 bits per heavy atom. The molecule has 0 spiro atoms. The Bertz CT molecular complexity index is 991. The van der Waals surface area contributed by atoms with Gasteiger partial charge in [-0.05, 0) is 43.4 Å². The number of amides is 4. The summed E-state index contributed by atoms with van der Waals surface area (Å²) in [4.78, 5) is 54.7. The molecular formula is C23H24N4O4. The summed E-state index contributed by atoms with van der Waals surface area (Å²) in [5, 5.41) is 2.75. The van der Waals surface area contributed by atoms with Crippen LogP contribution >= 0.6 is 0 Å². The molecule has 2 aliphatic heterocycles. The number of hydrogen-bond donors (Lipinski definition) is 1. The third-order valence-electron chi connectivity index (χ3n) is 5.65. The Hall–Kier alpha value is -3.52. The Kier molecular flexibility index (Phi) is 5.81. The SMILES string of the molecule is CN1CCN(C(=O)c2ccc(NC(=O)CCN3C(=O)c4ccccc4C3=O)cc2)CC1. The Morgan fingerprint density at radius 2 is 1.45 bits per heavy atom. The van der Waals surface area contributed by atoms with Crippen molar-refractivity contribution in [3.8, 4) is 0 Å². The van der Waals surface area contributed by atoms with Gasteiger partial charge in [0, 0.05) is 50.4 Å². The molecule has 160 valence electrons. The van der Waals surface area contributed by atoms with E-state index >= 15 is 0 Å². The smallest absolute Gasteiger partial charge is 0.261 e. The molecule has 0 bridgehead atoms. The van der Waals surface area contributed by atoms with Gasteiger partial charge in [0.05, 0.1) is 11.1 Å². The van der Waals surface area contributed by atoms with Crippen molar-refractivity contribution in [2.45, 2.75) is 6.42 Å². The van der Waals surface area contributed by atoms with Crippen LogP contribution in [0.1, 0.15) is 37.5 Å². The van der Waals surface area contributed by atoms with Crippen molar-refractivity contribution >= 4 is 29.3 Å². The third kappa shape index (κ3) is 4.34. The van der Waals surface area contributed by atoms with Gasteiger partial charge in [-0.3, -0.25) is 24.1 Å². The van der Waals surface area contributed by atoms with Crippen LogP contribution in [0.4, 0.5) is 5.69 Å². The molecule has 4 amide bonds. The van der Waals surface area contributed by atoms with E-state index in [1.807, 2.05) is 11.9 Å². The third-order valence-corrected chi connectivity index (χ3v) is 5.65. The van der Waals surface area contributed by atoms with Crippen LogP contribution in [-0.2, 0) is 4.79 Å². The monoisotopic (exact) mass is 420 g/mol.